The summed E-state index contributed by atoms with van der Waals surface area (Å²) in [7, 11) is 0. The minimum atomic E-state index is -0.0712. The molecular formula is C17H19ClN2O. The molecular weight excluding hydrogens is 284 g/mol. The van der Waals surface area contributed by atoms with E-state index in [1.54, 1.807) is 6.07 Å². The summed E-state index contributed by atoms with van der Waals surface area (Å²) in [6.45, 7) is 6.20. The van der Waals surface area contributed by atoms with Gasteiger partial charge in [-0.3, -0.25) is 4.79 Å². The van der Waals surface area contributed by atoms with Crippen molar-refractivity contribution < 1.29 is 4.79 Å². The van der Waals surface area contributed by atoms with E-state index < -0.39 is 0 Å². The molecule has 0 heterocycles. The summed E-state index contributed by atoms with van der Waals surface area (Å²) in [4.78, 5) is 12.0. The van der Waals surface area contributed by atoms with Crippen molar-refractivity contribution in [2.24, 2.45) is 0 Å². The number of carbonyl (C=O) groups excluding carboxylic acids is 1. The summed E-state index contributed by atoms with van der Waals surface area (Å²) < 4.78 is 0. The third-order valence-electron chi connectivity index (χ3n) is 3.51. The minimum Gasteiger partial charge on any atom is -0.376 e. The topological polar surface area (TPSA) is 41.1 Å². The van der Waals surface area contributed by atoms with Gasteiger partial charge in [-0.25, -0.2) is 0 Å². The lowest BCUT2D eigenvalue weighted by Gasteiger charge is -2.12. The summed E-state index contributed by atoms with van der Waals surface area (Å²) in [6, 6.07) is 11.4. The molecule has 0 saturated heterocycles. The molecule has 2 rings (SSSR count). The average Bonchev–Trinajstić information content (AvgIpc) is 2.43. The number of anilines is 2. The van der Waals surface area contributed by atoms with Crippen LogP contribution in [0.3, 0.4) is 0 Å². The Balaban J connectivity index is 1.97. The number of halogens is 1. The van der Waals surface area contributed by atoms with Gasteiger partial charge in [-0.15, -0.1) is 0 Å². The number of rotatable bonds is 4. The fourth-order valence-electron chi connectivity index (χ4n) is 2.08. The number of hydrogen-bond acceptors (Lipinski definition) is 2. The van der Waals surface area contributed by atoms with E-state index in [2.05, 4.69) is 10.6 Å². The molecule has 0 atom stereocenters. The number of carbonyl (C=O) groups is 1. The third kappa shape index (κ3) is 3.99. The van der Waals surface area contributed by atoms with Crippen LogP contribution in [0.4, 0.5) is 11.4 Å². The SMILES string of the molecule is Cc1cc(Cl)ccc1NCC(=O)Nc1cccc(C)c1C. The maximum Gasteiger partial charge on any atom is 0.243 e. The Hall–Kier alpha value is -2.00. The van der Waals surface area contributed by atoms with Gasteiger partial charge in [0.2, 0.25) is 5.91 Å². The van der Waals surface area contributed by atoms with E-state index in [1.807, 2.05) is 51.1 Å². The summed E-state index contributed by atoms with van der Waals surface area (Å²) in [5, 5.41) is 6.74. The highest BCUT2D eigenvalue weighted by atomic mass is 35.5. The molecule has 0 saturated carbocycles. The van der Waals surface area contributed by atoms with Crippen molar-refractivity contribution >= 4 is 28.9 Å². The molecule has 4 heteroatoms. The predicted molar refractivity (Wildman–Crippen MR) is 89.2 cm³/mol. The molecule has 2 N–H and O–H groups in total. The van der Waals surface area contributed by atoms with Gasteiger partial charge in [0.25, 0.3) is 0 Å². The lowest BCUT2D eigenvalue weighted by Crippen LogP contribution is -2.22. The van der Waals surface area contributed by atoms with Crippen LogP contribution in [0.1, 0.15) is 16.7 Å². The van der Waals surface area contributed by atoms with Crippen LogP contribution >= 0.6 is 11.6 Å². The van der Waals surface area contributed by atoms with Crippen molar-refractivity contribution in [3.05, 3.63) is 58.1 Å². The lowest BCUT2D eigenvalue weighted by atomic mass is 10.1. The first-order valence-corrected chi connectivity index (χ1v) is 7.21. The van der Waals surface area contributed by atoms with Crippen LogP contribution in [0.5, 0.6) is 0 Å². The Morgan fingerprint density at radius 2 is 1.81 bits per heavy atom. The highest BCUT2D eigenvalue weighted by Gasteiger charge is 2.06. The van der Waals surface area contributed by atoms with Crippen LogP contribution in [0.25, 0.3) is 0 Å². The molecule has 110 valence electrons. The highest BCUT2D eigenvalue weighted by Crippen LogP contribution is 2.20. The second kappa shape index (κ2) is 6.64. The third-order valence-corrected chi connectivity index (χ3v) is 3.74. The zero-order valence-electron chi connectivity index (χ0n) is 12.5. The van der Waals surface area contributed by atoms with Crippen molar-refractivity contribution in [2.75, 3.05) is 17.2 Å². The summed E-state index contributed by atoms with van der Waals surface area (Å²) >= 11 is 5.91. The number of benzene rings is 2. The molecule has 3 nitrogen and oxygen atoms in total. The Labute approximate surface area is 130 Å². The second-order valence-electron chi connectivity index (χ2n) is 5.11. The van der Waals surface area contributed by atoms with Crippen molar-refractivity contribution in [1.29, 1.82) is 0 Å². The Morgan fingerprint density at radius 3 is 2.52 bits per heavy atom. The summed E-state index contributed by atoms with van der Waals surface area (Å²) in [5.74, 6) is -0.0712. The minimum absolute atomic E-state index is 0.0712. The van der Waals surface area contributed by atoms with Crippen LogP contribution in [0, 0.1) is 20.8 Å². The fourth-order valence-corrected chi connectivity index (χ4v) is 2.31. The van der Waals surface area contributed by atoms with Gasteiger partial charge in [0.1, 0.15) is 0 Å². The molecule has 0 aliphatic heterocycles. The molecule has 0 bridgehead atoms. The Morgan fingerprint density at radius 1 is 1.05 bits per heavy atom. The van der Waals surface area contributed by atoms with E-state index in [0.717, 1.165) is 28.1 Å². The van der Waals surface area contributed by atoms with Gasteiger partial charge in [0.05, 0.1) is 6.54 Å². The van der Waals surface area contributed by atoms with Gasteiger partial charge in [-0.1, -0.05) is 23.7 Å². The van der Waals surface area contributed by atoms with E-state index in [9.17, 15) is 4.79 Å². The van der Waals surface area contributed by atoms with Gasteiger partial charge in [-0.05, 0) is 61.7 Å². The Kier molecular flexibility index (Phi) is 4.86. The monoisotopic (exact) mass is 302 g/mol. The standard InChI is InChI=1S/C17H19ClN2O/c1-11-5-4-6-16(13(11)3)20-17(21)10-19-15-8-7-14(18)9-12(15)2/h4-9,19H,10H2,1-3H3,(H,20,21). The average molecular weight is 303 g/mol. The first kappa shape index (κ1) is 15.4. The highest BCUT2D eigenvalue weighted by molar-refractivity contribution is 6.30. The molecule has 0 aliphatic carbocycles. The van der Waals surface area contributed by atoms with Crippen LogP contribution < -0.4 is 10.6 Å². The van der Waals surface area contributed by atoms with Crippen molar-refractivity contribution in [3.63, 3.8) is 0 Å². The quantitative estimate of drug-likeness (QED) is 0.883. The van der Waals surface area contributed by atoms with E-state index in [-0.39, 0.29) is 12.5 Å². The zero-order chi connectivity index (χ0) is 15.4. The van der Waals surface area contributed by atoms with Crippen molar-refractivity contribution in [2.45, 2.75) is 20.8 Å². The molecule has 0 radical (unpaired) electrons. The van der Waals surface area contributed by atoms with E-state index in [1.165, 1.54) is 0 Å². The molecule has 1 amide bonds. The van der Waals surface area contributed by atoms with E-state index in [4.69, 9.17) is 11.6 Å². The molecule has 0 unspecified atom stereocenters. The lowest BCUT2D eigenvalue weighted by molar-refractivity contribution is -0.114. The van der Waals surface area contributed by atoms with Crippen LogP contribution in [0.15, 0.2) is 36.4 Å². The molecule has 0 aromatic heterocycles. The maximum atomic E-state index is 12.0. The first-order valence-electron chi connectivity index (χ1n) is 6.83. The molecule has 0 aliphatic rings. The summed E-state index contributed by atoms with van der Waals surface area (Å²) in [6.07, 6.45) is 0. The first-order chi connectivity index (χ1) is 9.97. The van der Waals surface area contributed by atoms with Gasteiger partial charge in [-0.2, -0.15) is 0 Å². The van der Waals surface area contributed by atoms with Gasteiger partial charge >= 0.3 is 0 Å². The molecule has 21 heavy (non-hydrogen) atoms. The normalized spacial score (nSPS) is 10.3. The summed E-state index contributed by atoms with van der Waals surface area (Å²) in [5.41, 5.74) is 5.04. The smallest absolute Gasteiger partial charge is 0.243 e. The molecule has 2 aromatic carbocycles. The predicted octanol–water partition coefficient (Wildman–Crippen LogP) is 4.32. The fraction of sp³-hybridized carbons (Fsp3) is 0.235. The number of hydrogen-bond donors (Lipinski definition) is 2. The molecule has 0 spiro atoms. The molecule has 2 aromatic rings. The van der Waals surface area contributed by atoms with Crippen LogP contribution in [-0.4, -0.2) is 12.5 Å². The van der Waals surface area contributed by atoms with Crippen LogP contribution in [-0.2, 0) is 4.79 Å². The number of aryl methyl sites for hydroxylation is 2. The Bertz CT molecular complexity index is 668. The van der Waals surface area contributed by atoms with E-state index in [0.29, 0.717) is 5.02 Å². The van der Waals surface area contributed by atoms with Gasteiger partial charge in [0.15, 0.2) is 0 Å². The maximum absolute atomic E-state index is 12.0. The largest absolute Gasteiger partial charge is 0.376 e. The number of nitrogens with one attached hydrogen (secondary N) is 2. The zero-order valence-corrected chi connectivity index (χ0v) is 13.2. The van der Waals surface area contributed by atoms with E-state index >= 15 is 0 Å². The van der Waals surface area contributed by atoms with Gasteiger partial charge < -0.3 is 10.6 Å². The van der Waals surface area contributed by atoms with Gasteiger partial charge in [0, 0.05) is 16.4 Å². The van der Waals surface area contributed by atoms with Crippen LogP contribution in [0.2, 0.25) is 5.02 Å². The van der Waals surface area contributed by atoms with Crippen molar-refractivity contribution in [3.8, 4) is 0 Å². The number of amides is 1. The second-order valence-corrected chi connectivity index (χ2v) is 5.54. The van der Waals surface area contributed by atoms with Crippen molar-refractivity contribution in [1.82, 2.24) is 0 Å². The molecule has 0 fully saturated rings.